The quantitative estimate of drug-likeness (QED) is 0.298. The molecule has 0 saturated heterocycles. The van der Waals surface area contributed by atoms with Crippen LogP contribution in [0.15, 0.2) is 0 Å². The van der Waals surface area contributed by atoms with Crippen LogP contribution in [0.3, 0.4) is 0 Å². The molecule has 0 aliphatic heterocycles. The molecule has 0 spiro atoms. The average molecular weight is 179 g/mol. The Morgan fingerprint density at radius 2 is 1.80 bits per heavy atom. The molecule has 0 saturated carbocycles. The minimum absolute atomic E-state index is 0. The summed E-state index contributed by atoms with van der Waals surface area (Å²) in [5.74, 6) is -0.816. The van der Waals surface area contributed by atoms with Crippen molar-refractivity contribution in [2.24, 2.45) is 0 Å². The first-order valence-electron chi connectivity index (χ1n) is 2.20. The van der Waals surface area contributed by atoms with Crippen LogP contribution in [0, 0.1) is 0 Å². The van der Waals surface area contributed by atoms with Gasteiger partial charge >= 0.3 is 29.6 Å². The molecule has 3 N–H and O–H groups in total. The Hall–Kier alpha value is 0.830. The van der Waals surface area contributed by atoms with E-state index in [9.17, 15) is 8.42 Å². The smallest absolute Gasteiger partial charge is 0.394 e. The summed E-state index contributed by atoms with van der Waals surface area (Å²) < 4.78 is 27.8. The number of hydrogen-bond acceptors (Lipinski definition) is 4. The van der Waals surface area contributed by atoms with Gasteiger partial charge in [-0.15, -0.1) is 0 Å². The Balaban J connectivity index is 0. The summed E-state index contributed by atoms with van der Waals surface area (Å²) in [6, 6.07) is 0. The van der Waals surface area contributed by atoms with Crippen LogP contribution in [0.4, 0.5) is 0 Å². The van der Waals surface area contributed by atoms with Crippen molar-refractivity contribution in [3.05, 3.63) is 0 Å². The van der Waals surface area contributed by atoms with Gasteiger partial charge in [0, 0.05) is 0 Å². The Bertz CT molecular complexity index is 164. The summed E-state index contributed by atoms with van der Waals surface area (Å²) in [6.45, 7) is -0.667. The van der Waals surface area contributed by atoms with Crippen LogP contribution >= 0.6 is 0 Å². The predicted molar refractivity (Wildman–Crippen MR) is 29.5 cm³/mol. The fourth-order valence-electron chi connectivity index (χ4n) is 0.296. The molecule has 0 aromatic carbocycles. The molecule has 0 aliphatic carbocycles. The topological polar surface area (TPSA) is 94.8 Å². The number of hydrogen-bond donors (Lipinski definition) is 3. The molecular formula is C3H8NaO5S+. The van der Waals surface area contributed by atoms with Crippen LogP contribution < -0.4 is 29.6 Å². The van der Waals surface area contributed by atoms with Gasteiger partial charge < -0.3 is 10.2 Å². The molecule has 10 heavy (non-hydrogen) atoms. The number of aliphatic hydroxyl groups excluding tert-OH is 2. The fraction of sp³-hybridized carbons (Fsp3) is 1.00. The molecule has 0 heterocycles. The summed E-state index contributed by atoms with van der Waals surface area (Å²) in [4.78, 5) is 0. The fourth-order valence-corrected chi connectivity index (χ4v) is 0.887. The third kappa shape index (κ3) is 8.83. The number of aliphatic hydroxyl groups is 2. The van der Waals surface area contributed by atoms with E-state index in [4.69, 9.17) is 14.8 Å². The minimum Gasteiger partial charge on any atom is -0.394 e. The molecule has 0 radical (unpaired) electrons. The van der Waals surface area contributed by atoms with Gasteiger partial charge in [-0.25, -0.2) is 0 Å². The van der Waals surface area contributed by atoms with Crippen molar-refractivity contribution in [1.82, 2.24) is 0 Å². The summed E-state index contributed by atoms with van der Waals surface area (Å²) >= 11 is 0. The third-order valence-electron chi connectivity index (χ3n) is 0.614. The van der Waals surface area contributed by atoms with Crippen molar-refractivity contribution in [3.8, 4) is 0 Å². The largest absolute Gasteiger partial charge is 1.00 e. The molecular weight excluding hydrogens is 171 g/mol. The second-order valence-electron chi connectivity index (χ2n) is 1.58. The van der Waals surface area contributed by atoms with E-state index in [1.54, 1.807) is 0 Å². The van der Waals surface area contributed by atoms with Crippen LogP contribution in [-0.4, -0.2) is 41.6 Å². The number of rotatable bonds is 3. The molecule has 0 fully saturated rings. The van der Waals surface area contributed by atoms with Crippen molar-refractivity contribution in [2.75, 3.05) is 12.4 Å². The molecule has 0 rings (SSSR count). The van der Waals surface area contributed by atoms with E-state index >= 15 is 0 Å². The zero-order valence-corrected chi connectivity index (χ0v) is 8.37. The monoisotopic (exact) mass is 179 g/mol. The van der Waals surface area contributed by atoms with E-state index < -0.39 is 28.6 Å². The molecule has 0 amide bonds. The second-order valence-corrected chi connectivity index (χ2v) is 3.08. The first kappa shape index (κ1) is 13.4. The molecule has 1 atom stereocenters. The first-order valence-corrected chi connectivity index (χ1v) is 3.80. The van der Waals surface area contributed by atoms with E-state index in [0.29, 0.717) is 0 Å². The first-order chi connectivity index (χ1) is 3.95. The van der Waals surface area contributed by atoms with Gasteiger partial charge in [0.2, 0.25) is 0 Å². The Morgan fingerprint density at radius 3 is 1.90 bits per heavy atom. The van der Waals surface area contributed by atoms with E-state index in [1.165, 1.54) is 0 Å². The van der Waals surface area contributed by atoms with Gasteiger partial charge in [-0.2, -0.15) is 8.42 Å². The standard InChI is InChI=1S/C3H8O5S.Na/c4-1-3(5)2-9(6,7)8;/h3-5H,1-2H2,(H,6,7,8);/q;+1. The van der Waals surface area contributed by atoms with Crippen LogP contribution in [0.5, 0.6) is 0 Å². The Kier molecular flexibility index (Phi) is 7.35. The minimum atomic E-state index is -4.15. The van der Waals surface area contributed by atoms with Crippen LogP contribution in [-0.2, 0) is 10.1 Å². The van der Waals surface area contributed by atoms with Gasteiger partial charge in [0.05, 0.1) is 12.7 Å². The van der Waals surface area contributed by atoms with Crippen LogP contribution in [0.2, 0.25) is 0 Å². The molecule has 0 aromatic heterocycles. The van der Waals surface area contributed by atoms with E-state index in [0.717, 1.165) is 0 Å². The van der Waals surface area contributed by atoms with Crippen molar-refractivity contribution in [2.45, 2.75) is 6.10 Å². The maximum Gasteiger partial charge on any atom is 1.00 e. The van der Waals surface area contributed by atoms with Gasteiger partial charge in [0.1, 0.15) is 5.75 Å². The summed E-state index contributed by atoms with van der Waals surface area (Å²) in [5.41, 5.74) is 0. The zero-order valence-electron chi connectivity index (χ0n) is 5.56. The van der Waals surface area contributed by atoms with Crippen LogP contribution in [0.25, 0.3) is 0 Å². The maximum absolute atomic E-state index is 9.88. The van der Waals surface area contributed by atoms with E-state index in [1.807, 2.05) is 0 Å². The van der Waals surface area contributed by atoms with Gasteiger partial charge in [-0.3, -0.25) is 4.55 Å². The Morgan fingerprint density at radius 1 is 1.40 bits per heavy atom. The van der Waals surface area contributed by atoms with Crippen molar-refractivity contribution in [1.29, 1.82) is 0 Å². The SMILES string of the molecule is O=S(=O)(O)CC(O)CO.[Na+]. The van der Waals surface area contributed by atoms with Gasteiger partial charge in [-0.05, 0) is 0 Å². The average Bonchev–Trinajstić information content (AvgIpc) is 1.62. The second kappa shape index (κ2) is 5.48. The van der Waals surface area contributed by atoms with Gasteiger partial charge in [0.25, 0.3) is 10.1 Å². The van der Waals surface area contributed by atoms with Crippen molar-refractivity contribution < 1.29 is 52.7 Å². The molecule has 7 heteroatoms. The maximum atomic E-state index is 9.88. The van der Waals surface area contributed by atoms with Gasteiger partial charge in [0.15, 0.2) is 0 Å². The Labute approximate surface area is 81.1 Å². The van der Waals surface area contributed by atoms with Crippen molar-refractivity contribution in [3.63, 3.8) is 0 Å². The van der Waals surface area contributed by atoms with E-state index in [2.05, 4.69) is 0 Å². The molecule has 0 aliphatic rings. The predicted octanol–water partition coefficient (Wildman–Crippen LogP) is -4.77. The summed E-state index contributed by atoms with van der Waals surface area (Å²) in [6.07, 6.45) is -1.39. The molecule has 1 unspecified atom stereocenters. The van der Waals surface area contributed by atoms with Crippen molar-refractivity contribution >= 4 is 10.1 Å². The molecule has 0 aromatic rings. The molecule has 0 bridgehead atoms. The zero-order chi connectivity index (χ0) is 7.49. The third-order valence-corrected chi connectivity index (χ3v) is 1.42. The molecule has 5 nitrogen and oxygen atoms in total. The normalized spacial score (nSPS) is 13.9. The summed E-state index contributed by atoms with van der Waals surface area (Å²) in [7, 11) is -4.15. The summed E-state index contributed by atoms with van der Waals surface area (Å²) in [5, 5.41) is 16.5. The van der Waals surface area contributed by atoms with Gasteiger partial charge in [-0.1, -0.05) is 0 Å². The molecule has 56 valence electrons. The van der Waals surface area contributed by atoms with E-state index in [-0.39, 0.29) is 29.6 Å². The van der Waals surface area contributed by atoms with Crippen LogP contribution in [0.1, 0.15) is 0 Å².